The molecule has 208 valence electrons. The van der Waals surface area contributed by atoms with Gasteiger partial charge in [0.1, 0.15) is 0 Å². The first-order valence-corrected chi connectivity index (χ1v) is 14.9. The van der Waals surface area contributed by atoms with Gasteiger partial charge in [-0.2, -0.15) is 0 Å². The summed E-state index contributed by atoms with van der Waals surface area (Å²) >= 11 is 0. The molecule has 2 N–H and O–H groups in total. The van der Waals surface area contributed by atoms with Crippen molar-refractivity contribution in [1.82, 2.24) is 25.5 Å². The SMILES string of the molecule is c1ccc(CNCc2ccc(CN(CCNCc3ccc4ccccc4c3)C3CCCc4cccnc43)cc2)nc1. The molecule has 0 radical (unpaired) electrons. The lowest BCUT2D eigenvalue weighted by atomic mass is 9.90. The van der Waals surface area contributed by atoms with Crippen LogP contribution in [-0.4, -0.2) is 28.0 Å². The van der Waals surface area contributed by atoms with Gasteiger partial charge in [-0.05, 0) is 76.6 Å². The van der Waals surface area contributed by atoms with E-state index in [4.69, 9.17) is 4.98 Å². The minimum absolute atomic E-state index is 0.349. The number of nitrogens with one attached hydrogen (secondary N) is 2. The van der Waals surface area contributed by atoms with Gasteiger partial charge in [0.05, 0.1) is 17.4 Å². The molecule has 0 saturated heterocycles. The van der Waals surface area contributed by atoms with Crippen LogP contribution in [0.25, 0.3) is 10.8 Å². The van der Waals surface area contributed by atoms with Crippen molar-refractivity contribution in [3.8, 4) is 0 Å². The van der Waals surface area contributed by atoms with E-state index in [1.54, 1.807) is 0 Å². The first kappa shape index (κ1) is 27.3. The Kier molecular flexibility index (Phi) is 9.08. The summed E-state index contributed by atoms with van der Waals surface area (Å²) < 4.78 is 0. The first-order chi connectivity index (χ1) is 20.3. The lowest BCUT2D eigenvalue weighted by Gasteiger charge is -2.35. The van der Waals surface area contributed by atoms with Crippen molar-refractivity contribution in [2.75, 3.05) is 13.1 Å². The lowest BCUT2D eigenvalue weighted by molar-refractivity contribution is 0.166. The van der Waals surface area contributed by atoms with Crippen LogP contribution in [0.15, 0.2) is 109 Å². The standard InChI is InChI=1S/C36H39N5/c1-2-8-33-23-30(17-18-31(33)7-1)25-37-21-22-41(35-12-5-9-32-10-6-20-40-36(32)35)27-29-15-13-28(14-16-29)24-38-26-34-11-3-4-19-39-34/h1-4,6-8,10-11,13-20,23,35,37-38H,5,9,12,21-22,24-27H2. The van der Waals surface area contributed by atoms with E-state index in [-0.39, 0.29) is 0 Å². The smallest absolute Gasteiger partial charge is 0.0607 e. The van der Waals surface area contributed by atoms with Gasteiger partial charge in [0, 0.05) is 51.7 Å². The zero-order valence-corrected chi connectivity index (χ0v) is 23.7. The van der Waals surface area contributed by atoms with Crippen molar-refractivity contribution in [1.29, 1.82) is 0 Å². The summed E-state index contributed by atoms with van der Waals surface area (Å²) in [5.41, 5.74) is 7.70. The summed E-state index contributed by atoms with van der Waals surface area (Å²) in [6, 6.07) is 35.1. The number of nitrogens with zero attached hydrogens (tertiary/aromatic N) is 3. The molecule has 5 nitrogen and oxygen atoms in total. The normalized spacial score (nSPS) is 14.8. The highest BCUT2D eigenvalue weighted by Crippen LogP contribution is 2.33. The number of aryl methyl sites for hydroxylation is 1. The van der Waals surface area contributed by atoms with E-state index in [0.717, 1.165) is 57.8 Å². The van der Waals surface area contributed by atoms with Crippen LogP contribution in [0.4, 0.5) is 0 Å². The van der Waals surface area contributed by atoms with Crippen LogP contribution in [0.5, 0.6) is 0 Å². The summed E-state index contributed by atoms with van der Waals surface area (Å²) in [7, 11) is 0. The molecule has 1 aliphatic carbocycles. The molecule has 6 rings (SSSR count). The second kappa shape index (κ2) is 13.6. The number of pyridine rings is 2. The maximum atomic E-state index is 4.87. The highest BCUT2D eigenvalue weighted by Gasteiger charge is 2.27. The van der Waals surface area contributed by atoms with E-state index in [2.05, 4.69) is 105 Å². The lowest BCUT2D eigenvalue weighted by Crippen LogP contribution is -2.36. The summed E-state index contributed by atoms with van der Waals surface area (Å²) in [5.74, 6) is 0. The van der Waals surface area contributed by atoms with Gasteiger partial charge in [-0.15, -0.1) is 0 Å². The average molecular weight is 542 g/mol. The monoisotopic (exact) mass is 541 g/mol. The van der Waals surface area contributed by atoms with Gasteiger partial charge < -0.3 is 10.6 Å². The van der Waals surface area contributed by atoms with Crippen molar-refractivity contribution < 1.29 is 0 Å². The Morgan fingerprint density at radius 1 is 0.683 bits per heavy atom. The van der Waals surface area contributed by atoms with E-state index < -0.39 is 0 Å². The predicted molar refractivity (Wildman–Crippen MR) is 167 cm³/mol. The molecule has 0 amide bonds. The van der Waals surface area contributed by atoms with Crippen molar-refractivity contribution >= 4 is 10.8 Å². The Bertz CT molecular complexity index is 1530. The topological polar surface area (TPSA) is 53.1 Å². The first-order valence-electron chi connectivity index (χ1n) is 14.9. The minimum Gasteiger partial charge on any atom is -0.311 e. The number of rotatable bonds is 12. The highest BCUT2D eigenvalue weighted by atomic mass is 15.2. The Balaban J connectivity index is 1.09. The highest BCUT2D eigenvalue weighted by molar-refractivity contribution is 5.82. The van der Waals surface area contributed by atoms with Crippen molar-refractivity contribution in [2.24, 2.45) is 0 Å². The minimum atomic E-state index is 0.349. The van der Waals surface area contributed by atoms with Gasteiger partial charge in [0.15, 0.2) is 0 Å². The van der Waals surface area contributed by atoms with Crippen LogP contribution in [-0.2, 0) is 32.6 Å². The third-order valence-corrected chi connectivity index (χ3v) is 8.10. The zero-order valence-electron chi connectivity index (χ0n) is 23.7. The summed E-state index contributed by atoms with van der Waals surface area (Å²) in [6.07, 6.45) is 7.31. The predicted octanol–water partition coefficient (Wildman–Crippen LogP) is 6.59. The second-order valence-electron chi connectivity index (χ2n) is 11.0. The number of fused-ring (bicyclic) bond motifs is 2. The third kappa shape index (κ3) is 7.25. The van der Waals surface area contributed by atoms with Crippen LogP contribution in [0, 0.1) is 0 Å². The zero-order chi connectivity index (χ0) is 27.7. The molecule has 3 aromatic carbocycles. The maximum Gasteiger partial charge on any atom is 0.0607 e. The van der Waals surface area contributed by atoms with E-state index in [9.17, 15) is 0 Å². The number of benzene rings is 3. The van der Waals surface area contributed by atoms with Crippen LogP contribution in [0.3, 0.4) is 0 Å². The van der Waals surface area contributed by atoms with E-state index in [1.807, 2.05) is 24.5 Å². The Hall–Kier alpha value is -3.90. The van der Waals surface area contributed by atoms with Crippen LogP contribution in [0.1, 0.15) is 52.5 Å². The quantitative estimate of drug-likeness (QED) is 0.175. The van der Waals surface area contributed by atoms with Gasteiger partial charge in [0.25, 0.3) is 0 Å². The number of aromatic nitrogens is 2. The largest absolute Gasteiger partial charge is 0.311 e. The fourth-order valence-electron chi connectivity index (χ4n) is 5.92. The van der Waals surface area contributed by atoms with E-state index >= 15 is 0 Å². The molecular weight excluding hydrogens is 502 g/mol. The molecular formula is C36H39N5. The fourth-order valence-corrected chi connectivity index (χ4v) is 5.92. The molecule has 2 aromatic heterocycles. The van der Waals surface area contributed by atoms with Crippen molar-refractivity contribution in [3.63, 3.8) is 0 Å². The number of hydrogen-bond donors (Lipinski definition) is 2. The molecule has 0 spiro atoms. The maximum absolute atomic E-state index is 4.87. The molecule has 5 heteroatoms. The molecule has 1 unspecified atom stereocenters. The van der Waals surface area contributed by atoms with Gasteiger partial charge in [0.2, 0.25) is 0 Å². The van der Waals surface area contributed by atoms with Gasteiger partial charge in [-0.25, -0.2) is 0 Å². The Labute approximate surface area is 243 Å². The molecule has 2 heterocycles. The Morgan fingerprint density at radius 2 is 1.46 bits per heavy atom. The van der Waals surface area contributed by atoms with E-state index in [0.29, 0.717) is 6.04 Å². The molecule has 41 heavy (non-hydrogen) atoms. The molecule has 5 aromatic rings. The third-order valence-electron chi connectivity index (χ3n) is 8.10. The van der Waals surface area contributed by atoms with Crippen LogP contribution in [0.2, 0.25) is 0 Å². The fraction of sp³-hybridized carbons (Fsp3) is 0.278. The number of hydrogen-bond acceptors (Lipinski definition) is 5. The summed E-state index contributed by atoms with van der Waals surface area (Å²) in [4.78, 5) is 11.9. The van der Waals surface area contributed by atoms with Crippen LogP contribution < -0.4 is 10.6 Å². The Morgan fingerprint density at radius 3 is 2.34 bits per heavy atom. The van der Waals surface area contributed by atoms with Gasteiger partial charge in [-0.1, -0.05) is 72.8 Å². The van der Waals surface area contributed by atoms with Gasteiger partial charge >= 0.3 is 0 Å². The van der Waals surface area contributed by atoms with E-state index in [1.165, 1.54) is 45.1 Å². The summed E-state index contributed by atoms with van der Waals surface area (Å²) in [6.45, 7) is 5.30. The summed E-state index contributed by atoms with van der Waals surface area (Å²) in [5, 5.41) is 9.82. The average Bonchev–Trinajstić information content (AvgIpc) is 3.03. The molecule has 0 bridgehead atoms. The van der Waals surface area contributed by atoms with Crippen molar-refractivity contribution in [2.45, 2.75) is 51.5 Å². The van der Waals surface area contributed by atoms with Crippen LogP contribution >= 0.6 is 0 Å². The second-order valence-corrected chi connectivity index (χ2v) is 11.0. The molecule has 0 saturated carbocycles. The molecule has 0 aliphatic heterocycles. The molecule has 0 fully saturated rings. The van der Waals surface area contributed by atoms with Gasteiger partial charge in [-0.3, -0.25) is 14.9 Å². The molecule has 1 atom stereocenters. The molecule has 1 aliphatic rings. The van der Waals surface area contributed by atoms with Crippen molar-refractivity contribution in [3.05, 3.63) is 143 Å².